The van der Waals surface area contributed by atoms with E-state index < -0.39 is 0 Å². The SMILES string of the molecule is CCCNc1nc(-c2ncc(Cl)s2)nc(CC)c1C. The number of hydrogen-bond acceptors (Lipinski definition) is 5. The molecule has 0 aliphatic rings. The predicted octanol–water partition coefficient (Wildman–Crippen LogP) is 3.95. The van der Waals surface area contributed by atoms with Crippen molar-refractivity contribution in [2.75, 3.05) is 11.9 Å². The lowest BCUT2D eigenvalue weighted by Crippen LogP contribution is -2.08. The molecule has 4 nitrogen and oxygen atoms in total. The predicted molar refractivity (Wildman–Crippen MR) is 81.0 cm³/mol. The summed E-state index contributed by atoms with van der Waals surface area (Å²) >= 11 is 7.32. The van der Waals surface area contributed by atoms with Crippen molar-refractivity contribution in [3.05, 3.63) is 21.8 Å². The van der Waals surface area contributed by atoms with Crippen LogP contribution in [0.25, 0.3) is 10.8 Å². The third-order valence-corrected chi connectivity index (χ3v) is 3.90. The molecule has 2 heterocycles. The van der Waals surface area contributed by atoms with Crippen LogP contribution in [0, 0.1) is 6.92 Å². The number of anilines is 1. The van der Waals surface area contributed by atoms with Crippen LogP contribution in [0.3, 0.4) is 0 Å². The maximum absolute atomic E-state index is 5.92. The fourth-order valence-corrected chi connectivity index (χ4v) is 2.62. The number of thiazole rings is 1. The lowest BCUT2D eigenvalue weighted by Gasteiger charge is -2.11. The zero-order valence-electron chi connectivity index (χ0n) is 11.3. The van der Waals surface area contributed by atoms with Crippen LogP contribution in [0.5, 0.6) is 0 Å². The average molecular weight is 297 g/mol. The van der Waals surface area contributed by atoms with Crippen LogP contribution >= 0.6 is 22.9 Å². The number of rotatable bonds is 5. The molecule has 0 unspecified atom stereocenters. The largest absolute Gasteiger partial charge is 0.370 e. The van der Waals surface area contributed by atoms with E-state index in [1.807, 2.05) is 0 Å². The monoisotopic (exact) mass is 296 g/mol. The number of halogens is 1. The lowest BCUT2D eigenvalue weighted by atomic mass is 10.2. The molecular formula is C13H17ClN4S. The third kappa shape index (κ3) is 3.22. The van der Waals surface area contributed by atoms with E-state index in [1.54, 1.807) is 6.20 Å². The molecule has 1 N–H and O–H groups in total. The Morgan fingerprint density at radius 3 is 2.68 bits per heavy atom. The summed E-state index contributed by atoms with van der Waals surface area (Å²) < 4.78 is 0.653. The average Bonchev–Trinajstić information content (AvgIpc) is 2.84. The molecular weight excluding hydrogens is 280 g/mol. The minimum atomic E-state index is 0.651. The second-order valence-electron chi connectivity index (χ2n) is 4.22. The highest BCUT2D eigenvalue weighted by atomic mass is 35.5. The first kappa shape index (κ1) is 14.2. The molecule has 0 amide bonds. The summed E-state index contributed by atoms with van der Waals surface area (Å²) in [5.41, 5.74) is 2.16. The van der Waals surface area contributed by atoms with Gasteiger partial charge in [-0.3, -0.25) is 0 Å². The second kappa shape index (κ2) is 6.30. The maximum Gasteiger partial charge on any atom is 0.190 e. The van der Waals surface area contributed by atoms with Gasteiger partial charge in [-0.2, -0.15) is 0 Å². The summed E-state index contributed by atoms with van der Waals surface area (Å²) in [5, 5.41) is 4.11. The molecule has 0 aliphatic heterocycles. The van der Waals surface area contributed by atoms with E-state index in [9.17, 15) is 0 Å². The Morgan fingerprint density at radius 1 is 1.32 bits per heavy atom. The molecule has 2 aromatic rings. The standard InChI is InChI=1S/C13H17ClN4S/c1-4-6-15-11-8(3)9(5-2)17-12(18-11)13-16-7-10(14)19-13/h7H,4-6H2,1-3H3,(H,15,17,18). The molecule has 0 fully saturated rings. The van der Waals surface area contributed by atoms with Crippen LogP contribution < -0.4 is 5.32 Å². The zero-order valence-corrected chi connectivity index (χ0v) is 12.9. The molecule has 0 bridgehead atoms. The highest BCUT2D eigenvalue weighted by molar-refractivity contribution is 7.18. The Morgan fingerprint density at radius 2 is 2.11 bits per heavy atom. The van der Waals surface area contributed by atoms with Gasteiger partial charge in [-0.15, -0.1) is 0 Å². The van der Waals surface area contributed by atoms with Gasteiger partial charge in [-0.05, 0) is 19.8 Å². The molecule has 0 radical (unpaired) electrons. The van der Waals surface area contributed by atoms with Gasteiger partial charge in [0.25, 0.3) is 0 Å². The minimum absolute atomic E-state index is 0.651. The molecule has 19 heavy (non-hydrogen) atoms. The Labute approximate surface area is 122 Å². The number of aryl methyl sites for hydroxylation is 1. The van der Waals surface area contributed by atoms with Crippen molar-refractivity contribution in [2.24, 2.45) is 0 Å². The quantitative estimate of drug-likeness (QED) is 0.908. The first-order chi connectivity index (χ1) is 9.15. The van der Waals surface area contributed by atoms with Crippen LogP contribution in [0.4, 0.5) is 5.82 Å². The fraction of sp³-hybridized carbons (Fsp3) is 0.462. The number of nitrogens with one attached hydrogen (secondary N) is 1. The second-order valence-corrected chi connectivity index (χ2v) is 5.88. The number of aromatic nitrogens is 3. The molecule has 0 atom stereocenters. The summed E-state index contributed by atoms with van der Waals surface area (Å²) in [4.78, 5) is 13.4. The van der Waals surface area contributed by atoms with Gasteiger partial charge >= 0.3 is 0 Å². The molecule has 2 aromatic heterocycles. The Kier molecular flexibility index (Phi) is 4.71. The van der Waals surface area contributed by atoms with Crippen molar-refractivity contribution in [2.45, 2.75) is 33.6 Å². The van der Waals surface area contributed by atoms with Crippen LogP contribution in [0.2, 0.25) is 4.34 Å². The van der Waals surface area contributed by atoms with Gasteiger partial charge in [0.1, 0.15) is 10.2 Å². The Balaban J connectivity index is 2.44. The summed E-state index contributed by atoms with van der Waals surface area (Å²) in [5.74, 6) is 1.55. The number of nitrogens with zero attached hydrogens (tertiary/aromatic N) is 3. The molecule has 0 aliphatic carbocycles. The first-order valence-electron chi connectivity index (χ1n) is 6.38. The molecule has 0 aromatic carbocycles. The van der Waals surface area contributed by atoms with E-state index in [-0.39, 0.29) is 0 Å². The molecule has 0 saturated carbocycles. The van der Waals surface area contributed by atoms with Crippen molar-refractivity contribution in [1.29, 1.82) is 0 Å². The van der Waals surface area contributed by atoms with Crippen molar-refractivity contribution >= 4 is 28.8 Å². The fourth-order valence-electron chi connectivity index (χ4n) is 1.78. The van der Waals surface area contributed by atoms with Crippen LogP contribution in [0.1, 0.15) is 31.5 Å². The van der Waals surface area contributed by atoms with E-state index in [0.717, 1.165) is 41.5 Å². The van der Waals surface area contributed by atoms with E-state index >= 15 is 0 Å². The van der Waals surface area contributed by atoms with Gasteiger partial charge in [-0.1, -0.05) is 36.8 Å². The summed E-state index contributed by atoms with van der Waals surface area (Å²) in [6.45, 7) is 7.18. The van der Waals surface area contributed by atoms with E-state index in [0.29, 0.717) is 10.2 Å². The number of hydrogen-bond donors (Lipinski definition) is 1. The van der Waals surface area contributed by atoms with Gasteiger partial charge in [0.05, 0.1) is 6.20 Å². The molecule has 0 saturated heterocycles. The van der Waals surface area contributed by atoms with Gasteiger partial charge in [-0.25, -0.2) is 15.0 Å². The topological polar surface area (TPSA) is 50.7 Å². The van der Waals surface area contributed by atoms with Crippen molar-refractivity contribution in [3.8, 4) is 10.8 Å². The van der Waals surface area contributed by atoms with Gasteiger partial charge < -0.3 is 5.32 Å². The van der Waals surface area contributed by atoms with E-state index in [4.69, 9.17) is 11.6 Å². The maximum atomic E-state index is 5.92. The van der Waals surface area contributed by atoms with Gasteiger partial charge in [0, 0.05) is 17.8 Å². The zero-order chi connectivity index (χ0) is 13.8. The lowest BCUT2D eigenvalue weighted by molar-refractivity contribution is 0.935. The summed E-state index contributed by atoms with van der Waals surface area (Å²) in [7, 11) is 0. The van der Waals surface area contributed by atoms with E-state index in [2.05, 4.69) is 41.0 Å². The van der Waals surface area contributed by atoms with Gasteiger partial charge in [0.15, 0.2) is 10.8 Å². The van der Waals surface area contributed by atoms with Crippen LogP contribution in [0.15, 0.2) is 6.20 Å². The van der Waals surface area contributed by atoms with E-state index in [1.165, 1.54) is 11.3 Å². The normalized spacial score (nSPS) is 10.7. The van der Waals surface area contributed by atoms with Crippen molar-refractivity contribution in [1.82, 2.24) is 15.0 Å². The first-order valence-corrected chi connectivity index (χ1v) is 7.58. The van der Waals surface area contributed by atoms with Crippen LogP contribution in [-0.4, -0.2) is 21.5 Å². The summed E-state index contributed by atoms with van der Waals surface area (Å²) in [6.07, 6.45) is 3.57. The highest BCUT2D eigenvalue weighted by Crippen LogP contribution is 2.28. The Hall–Kier alpha value is -1.20. The van der Waals surface area contributed by atoms with Crippen molar-refractivity contribution in [3.63, 3.8) is 0 Å². The molecule has 2 rings (SSSR count). The molecule has 6 heteroatoms. The van der Waals surface area contributed by atoms with Crippen LogP contribution in [-0.2, 0) is 6.42 Å². The van der Waals surface area contributed by atoms with Crippen molar-refractivity contribution < 1.29 is 0 Å². The third-order valence-electron chi connectivity index (χ3n) is 2.79. The minimum Gasteiger partial charge on any atom is -0.370 e. The Bertz CT molecular complexity index is 568. The van der Waals surface area contributed by atoms with Gasteiger partial charge in [0.2, 0.25) is 0 Å². The molecule has 0 spiro atoms. The smallest absolute Gasteiger partial charge is 0.190 e. The summed E-state index contributed by atoms with van der Waals surface area (Å²) in [6, 6.07) is 0. The molecule has 102 valence electrons. The highest BCUT2D eigenvalue weighted by Gasteiger charge is 2.13.